The molecule has 0 amide bonds. The molecule has 0 atom stereocenters. The first kappa shape index (κ1) is 17.7. The van der Waals surface area contributed by atoms with Crippen LogP contribution in [-0.2, 0) is 11.2 Å². The number of carbonyl (C=O) groups is 1. The van der Waals surface area contributed by atoms with Crippen LogP contribution >= 0.6 is 0 Å². The molecule has 3 N–H and O–H groups in total. The summed E-state index contributed by atoms with van der Waals surface area (Å²) in [5.41, 5.74) is 1.91. The van der Waals surface area contributed by atoms with Gasteiger partial charge in [0.2, 0.25) is 11.5 Å². The topological polar surface area (TPSA) is 96.2 Å². The van der Waals surface area contributed by atoms with Crippen LogP contribution in [0, 0.1) is 6.92 Å². The van der Waals surface area contributed by atoms with E-state index in [1.807, 2.05) is 13.0 Å². The SMILES string of the molecule is COc1c(O)c(C)c(C/C=C(\C)CCC(=O)O)c(O)c1OC. The Kier molecular flexibility index (Phi) is 6.10. The Morgan fingerprint density at radius 3 is 2.14 bits per heavy atom. The Hall–Kier alpha value is -2.37. The second-order valence-corrected chi connectivity index (χ2v) is 5.02. The molecule has 0 saturated heterocycles. The number of rotatable bonds is 7. The average molecular weight is 310 g/mol. The molecule has 1 rings (SSSR count). The molecule has 0 unspecified atom stereocenters. The van der Waals surface area contributed by atoms with Crippen LogP contribution in [0.5, 0.6) is 23.0 Å². The van der Waals surface area contributed by atoms with E-state index >= 15 is 0 Å². The molecule has 0 heterocycles. The lowest BCUT2D eigenvalue weighted by Crippen LogP contribution is -1.99. The summed E-state index contributed by atoms with van der Waals surface area (Å²) < 4.78 is 10.2. The summed E-state index contributed by atoms with van der Waals surface area (Å²) in [6.45, 7) is 3.50. The number of carboxylic acids is 1. The highest BCUT2D eigenvalue weighted by Gasteiger charge is 2.22. The highest BCUT2D eigenvalue weighted by molar-refractivity contribution is 5.67. The first-order chi connectivity index (χ1) is 10.3. The van der Waals surface area contributed by atoms with Crippen molar-refractivity contribution in [1.29, 1.82) is 0 Å². The van der Waals surface area contributed by atoms with Gasteiger partial charge in [-0.2, -0.15) is 0 Å². The van der Waals surface area contributed by atoms with Crippen LogP contribution in [0.15, 0.2) is 11.6 Å². The predicted octanol–water partition coefficient (Wildman–Crippen LogP) is 2.78. The number of phenolic OH excluding ortho intramolecular Hbond substituents is 2. The second kappa shape index (κ2) is 7.59. The number of benzene rings is 1. The van der Waals surface area contributed by atoms with Crippen molar-refractivity contribution >= 4 is 5.97 Å². The van der Waals surface area contributed by atoms with Crippen LogP contribution < -0.4 is 9.47 Å². The highest BCUT2D eigenvalue weighted by Crippen LogP contribution is 2.48. The molecule has 0 aliphatic heterocycles. The fraction of sp³-hybridized carbons (Fsp3) is 0.438. The molecule has 0 aliphatic carbocycles. The van der Waals surface area contributed by atoms with Gasteiger partial charge >= 0.3 is 5.97 Å². The Labute approximate surface area is 129 Å². The van der Waals surface area contributed by atoms with Gasteiger partial charge in [-0.25, -0.2) is 0 Å². The predicted molar refractivity (Wildman–Crippen MR) is 81.9 cm³/mol. The minimum absolute atomic E-state index is 0.0600. The third-order valence-electron chi connectivity index (χ3n) is 3.53. The summed E-state index contributed by atoms with van der Waals surface area (Å²) in [5.74, 6) is -0.846. The summed E-state index contributed by atoms with van der Waals surface area (Å²) in [7, 11) is 2.76. The smallest absolute Gasteiger partial charge is 0.303 e. The van der Waals surface area contributed by atoms with Crippen molar-refractivity contribution in [2.75, 3.05) is 14.2 Å². The van der Waals surface area contributed by atoms with Gasteiger partial charge in [0.25, 0.3) is 0 Å². The van der Waals surface area contributed by atoms with Crippen molar-refractivity contribution in [2.24, 2.45) is 0 Å². The van der Waals surface area contributed by atoms with Crippen LogP contribution in [0.4, 0.5) is 0 Å². The van der Waals surface area contributed by atoms with Crippen LogP contribution in [0.3, 0.4) is 0 Å². The average Bonchev–Trinajstić information content (AvgIpc) is 2.48. The number of aliphatic carboxylic acids is 1. The summed E-state index contributed by atoms with van der Waals surface area (Å²) in [5, 5.41) is 29.1. The van der Waals surface area contributed by atoms with Gasteiger partial charge in [0.1, 0.15) is 0 Å². The van der Waals surface area contributed by atoms with Crippen molar-refractivity contribution in [1.82, 2.24) is 0 Å². The molecule has 0 bridgehead atoms. The number of aromatic hydroxyl groups is 2. The van der Waals surface area contributed by atoms with Crippen molar-refractivity contribution in [3.63, 3.8) is 0 Å². The van der Waals surface area contributed by atoms with Crippen LogP contribution in [0.1, 0.15) is 30.9 Å². The molecule has 1 aromatic rings. The maximum Gasteiger partial charge on any atom is 0.303 e. The van der Waals surface area contributed by atoms with Gasteiger partial charge in [-0.1, -0.05) is 11.6 Å². The van der Waals surface area contributed by atoms with E-state index in [1.54, 1.807) is 6.92 Å². The van der Waals surface area contributed by atoms with Gasteiger partial charge in [0.15, 0.2) is 11.5 Å². The fourth-order valence-corrected chi connectivity index (χ4v) is 2.15. The van der Waals surface area contributed by atoms with Gasteiger partial charge in [-0.05, 0) is 26.7 Å². The molecule has 1 aromatic carbocycles. The second-order valence-electron chi connectivity index (χ2n) is 5.02. The van der Waals surface area contributed by atoms with E-state index in [4.69, 9.17) is 14.6 Å². The van der Waals surface area contributed by atoms with Gasteiger partial charge in [0, 0.05) is 17.5 Å². The summed E-state index contributed by atoms with van der Waals surface area (Å²) in [4.78, 5) is 10.6. The molecule has 0 radical (unpaired) electrons. The Morgan fingerprint density at radius 1 is 1.09 bits per heavy atom. The molecule has 6 heteroatoms. The van der Waals surface area contributed by atoms with E-state index in [2.05, 4.69) is 0 Å². The van der Waals surface area contributed by atoms with Crippen molar-refractivity contribution < 1.29 is 29.6 Å². The van der Waals surface area contributed by atoms with Gasteiger partial charge in [-0.15, -0.1) is 0 Å². The minimum atomic E-state index is -0.851. The largest absolute Gasteiger partial charge is 0.504 e. The highest BCUT2D eigenvalue weighted by atomic mass is 16.5. The van der Waals surface area contributed by atoms with Crippen LogP contribution in [-0.4, -0.2) is 35.5 Å². The number of hydrogen-bond donors (Lipinski definition) is 3. The molecule has 0 saturated carbocycles. The first-order valence-corrected chi connectivity index (χ1v) is 6.86. The Morgan fingerprint density at radius 2 is 1.64 bits per heavy atom. The Bertz CT molecular complexity index is 589. The maximum absolute atomic E-state index is 10.6. The van der Waals surface area contributed by atoms with E-state index < -0.39 is 5.97 Å². The van der Waals surface area contributed by atoms with Gasteiger partial charge in [0.05, 0.1) is 14.2 Å². The zero-order chi connectivity index (χ0) is 16.9. The lowest BCUT2D eigenvalue weighted by molar-refractivity contribution is -0.136. The third kappa shape index (κ3) is 3.84. The first-order valence-electron chi connectivity index (χ1n) is 6.86. The fourth-order valence-electron chi connectivity index (χ4n) is 2.15. The van der Waals surface area contributed by atoms with E-state index in [1.165, 1.54) is 14.2 Å². The molecule has 0 aliphatic rings. The zero-order valence-electron chi connectivity index (χ0n) is 13.3. The number of hydrogen-bond acceptors (Lipinski definition) is 5. The summed E-state index contributed by atoms with van der Waals surface area (Å²) in [6.07, 6.45) is 2.69. The molecular formula is C16H22O6. The molecule has 0 fully saturated rings. The van der Waals surface area contributed by atoms with E-state index in [0.717, 1.165) is 5.57 Å². The van der Waals surface area contributed by atoms with Crippen LogP contribution in [0.25, 0.3) is 0 Å². The van der Waals surface area contributed by atoms with Crippen LogP contribution in [0.2, 0.25) is 0 Å². The number of phenols is 2. The monoisotopic (exact) mass is 310 g/mol. The number of methoxy groups -OCH3 is 2. The maximum atomic E-state index is 10.6. The summed E-state index contributed by atoms with van der Waals surface area (Å²) in [6, 6.07) is 0. The van der Waals surface area contributed by atoms with Crippen molar-refractivity contribution in [3.05, 3.63) is 22.8 Å². The molecular weight excluding hydrogens is 288 g/mol. The Balaban J connectivity index is 3.12. The van der Waals surface area contributed by atoms with Crippen molar-refractivity contribution in [2.45, 2.75) is 33.1 Å². The lowest BCUT2D eigenvalue weighted by atomic mass is 9.99. The number of carboxylic acid groups (broad SMARTS) is 1. The quantitative estimate of drug-likeness (QED) is 0.529. The van der Waals surface area contributed by atoms with E-state index in [9.17, 15) is 15.0 Å². The third-order valence-corrected chi connectivity index (χ3v) is 3.53. The minimum Gasteiger partial charge on any atom is -0.504 e. The molecule has 0 aromatic heterocycles. The molecule has 122 valence electrons. The number of allylic oxidation sites excluding steroid dienone is 2. The van der Waals surface area contributed by atoms with Gasteiger partial charge in [-0.3, -0.25) is 4.79 Å². The van der Waals surface area contributed by atoms with Crippen molar-refractivity contribution in [3.8, 4) is 23.0 Å². The standard InChI is InChI=1S/C16H22O6/c1-9(6-8-12(17)18)5-7-11-10(2)13(19)15(21-3)16(22-4)14(11)20/h5,19-20H,6-8H2,1-4H3,(H,17,18)/b9-5+. The molecule has 0 spiro atoms. The van der Waals surface area contributed by atoms with E-state index in [0.29, 0.717) is 24.0 Å². The lowest BCUT2D eigenvalue weighted by Gasteiger charge is -2.17. The molecule has 22 heavy (non-hydrogen) atoms. The molecule has 6 nitrogen and oxygen atoms in total. The number of ether oxygens (including phenoxy) is 2. The zero-order valence-corrected chi connectivity index (χ0v) is 13.3. The van der Waals surface area contributed by atoms with E-state index in [-0.39, 0.29) is 29.4 Å². The normalized spacial score (nSPS) is 11.4. The summed E-state index contributed by atoms with van der Waals surface area (Å²) >= 11 is 0. The van der Waals surface area contributed by atoms with Gasteiger partial charge < -0.3 is 24.8 Å².